The van der Waals surface area contributed by atoms with E-state index in [9.17, 15) is 0 Å². The molecule has 3 heteroatoms. The van der Waals surface area contributed by atoms with Crippen LogP contribution in [0.25, 0.3) is 0 Å². The van der Waals surface area contributed by atoms with Crippen molar-refractivity contribution in [2.75, 3.05) is 6.54 Å². The van der Waals surface area contributed by atoms with Gasteiger partial charge in [0.25, 0.3) is 0 Å². The summed E-state index contributed by atoms with van der Waals surface area (Å²) in [6.45, 7) is 7.49. The summed E-state index contributed by atoms with van der Waals surface area (Å²) in [5.41, 5.74) is 5.36. The summed E-state index contributed by atoms with van der Waals surface area (Å²) in [6.07, 6.45) is 4.01. The van der Waals surface area contributed by atoms with E-state index in [2.05, 4.69) is 55.5 Å². The summed E-state index contributed by atoms with van der Waals surface area (Å²) in [4.78, 5) is 0. The fourth-order valence-electron chi connectivity index (χ4n) is 2.78. The molecule has 0 bridgehead atoms. The van der Waals surface area contributed by atoms with Crippen molar-refractivity contribution in [3.05, 3.63) is 52.8 Å². The molecule has 0 aliphatic heterocycles. The third-order valence-electron chi connectivity index (χ3n) is 3.71. The van der Waals surface area contributed by atoms with Gasteiger partial charge in [-0.1, -0.05) is 36.2 Å². The first-order chi connectivity index (χ1) is 9.60. The zero-order valence-corrected chi connectivity index (χ0v) is 13.0. The summed E-state index contributed by atoms with van der Waals surface area (Å²) in [5, 5.41) is 7.84. The van der Waals surface area contributed by atoms with Crippen LogP contribution < -0.4 is 5.32 Å². The Morgan fingerprint density at radius 1 is 1.20 bits per heavy atom. The van der Waals surface area contributed by atoms with Crippen molar-refractivity contribution in [2.24, 2.45) is 7.05 Å². The van der Waals surface area contributed by atoms with Crippen LogP contribution in [0.15, 0.2) is 30.5 Å². The van der Waals surface area contributed by atoms with Crippen molar-refractivity contribution in [1.82, 2.24) is 15.1 Å². The fourth-order valence-corrected chi connectivity index (χ4v) is 2.78. The summed E-state index contributed by atoms with van der Waals surface area (Å²) >= 11 is 0. The van der Waals surface area contributed by atoms with Crippen molar-refractivity contribution in [3.8, 4) is 0 Å². The average molecular weight is 271 g/mol. The molecule has 1 aromatic carbocycles. The Morgan fingerprint density at radius 2 is 1.90 bits per heavy atom. The average Bonchev–Trinajstić information content (AvgIpc) is 2.79. The van der Waals surface area contributed by atoms with Crippen LogP contribution in [0.4, 0.5) is 0 Å². The summed E-state index contributed by atoms with van der Waals surface area (Å²) in [7, 11) is 2.01. The maximum atomic E-state index is 4.24. The summed E-state index contributed by atoms with van der Waals surface area (Å²) in [5.74, 6) is 0. The summed E-state index contributed by atoms with van der Waals surface area (Å²) in [6, 6.07) is 9.33. The molecule has 0 aliphatic carbocycles. The highest BCUT2D eigenvalue weighted by molar-refractivity contribution is 5.30. The van der Waals surface area contributed by atoms with E-state index in [1.807, 2.05) is 17.9 Å². The molecule has 0 spiro atoms. The van der Waals surface area contributed by atoms with Crippen LogP contribution in [-0.4, -0.2) is 16.3 Å². The second-order valence-corrected chi connectivity index (χ2v) is 5.52. The second-order valence-electron chi connectivity index (χ2n) is 5.52. The molecule has 1 N–H and O–H groups in total. The van der Waals surface area contributed by atoms with E-state index in [1.165, 1.54) is 22.4 Å². The topological polar surface area (TPSA) is 29.9 Å². The number of aromatic nitrogens is 2. The maximum absolute atomic E-state index is 4.24. The Morgan fingerprint density at radius 3 is 2.45 bits per heavy atom. The molecule has 0 fully saturated rings. The van der Waals surface area contributed by atoms with Crippen molar-refractivity contribution in [3.63, 3.8) is 0 Å². The van der Waals surface area contributed by atoms with E-state index >= 15 is 0 Å². The molecule has 3 nitrogen and oxygen atoms in total. The first-order valence-corrected chi connectivity index (χ1v) is 7.38. The van der Waals surface area contributed by atoms with Gasteiger partial charge in [0.1, 0.15) is 0 Å². The molecule has 1 aromatic heterocycles. The van der Waals surface area contributed by atoms with Crippen molar-refractivity contribution in [2.45, 2.75) is 39.7 Å². The van der Waals surface area contributed by atoms with Gasteiger partial charge >= 0.3 is 0 Å². The van der Waals surface area contributed by atoms with Gasteiger partial charge in [0.05, 0.1) is 0 Å². The number of hydrogen-bond donors (Lipinski definition) is 1. The standard InChI is InChI=1S/C17H25N3/c1-5-18-17(7-6-16-8-9-19-20(16)4)15-11-13(2)10-14(3)12-15/h8-12,17-18H,5-7H2,1-4H3. The van der Waals surface area contributed by atoms with Gasteiger partial charge in [-0.15, -0.1) is 0 Å². The van der Waals surface area contributed by atoms with Crippen molar-refractivity contribution >= 4 is 0 Å². The molecule has 0 amide bonds. The number of rotatable bonds is 6. The Hall–Kier alpha value is -1.61. The Bertz CT molecular complexity index is 537. The maximum Gasteiger partial charge on any atom is 0.0492 e. The molecule has 1 atom stereocenters. The minimum atomic E-state index is 0.411. The lowest BCUT2D eigenvalue weighted by Crippen LogP contribution is -2.22. The van der Waals surface area contributed by atoms with Gasteiger partial charge < -0.3 is 5.32 Å². The number of hydrogen-bond acceptors (Lipinski definition) is 2. The lowest BCUT2D eigenvalue weighted by atomic mass is 9.97. The van der Waals surface area contributed by atoms with E-state index in [4.69, 9.17) is 0 Å². The largest absolute Gasteiger partial charge is 0.310 e. The van der Waals surface area contributed by atoms with E-state index in [0.717, 1.165) is 19.4 Å². The molecule has 0 saturated carbocycles. The first-order valence-electron chi connectivity index (χ1n) is 7.38. The van der Waals surface area contributed by atoms with Gasteiger partial charge in [-0.05, 0) is 44.9 Å². The zero-order chi connectivity index (χ0) is 14.5. The van der Waals surface area contributed by atoms with E-state index in [1.54, 1.807) is 0 Å². The highest BCUT2D eigenvalue weighted by Gasteiger charge is 2.12. The number of nitrogens with one attached hydrogen (secondary N) is 1. The van der Waals surface area contributed by atoms with Gasteiger partial charge in [0, 0.05) is 25.0 Å². The number of benzene rings is 1. The van der Waals surface area contributed by atoms with Crippen molar-refractivity contribution in [1.29, 1.82) is 0 Å². The van der Waals surface area contributed by atoms with E-state index in [-0.39, 0.29) is 0 Å². The molecule has 0 radical (unpaired) electrons. The fraction of sp³-hybridized carbons (Fsp3) is 0.471. The minimum absolute atomic E-state index is 0.411. The van der Waals surface area contributed by atoms with Crippen LogP contribution in [0.1, 0.15) is 41.8 Å². The number of nitrogens with zero attached hydrogens (tertiary/aromatic N) is 2. The van der Waals surface area contributed by atoms with E-state index < -0.39 is 0 Å². The summed E-state index contributed by atoms with van der Waals surface area (Å²) < 4.78 is 1.96. The predicted octanol–water partition coefficient (Wildman–Crippen LogP) is 3.32. The van der Waals surface area contributed by atoms with Crippen LogP contribution in [0.3, 0.4) is 0 Å². The van der Waals surface area contributed by atoms with Crippen LogP contribution in [0.5, 0.6) is 0 Å². The normalized spacial score (nSPS) is 12.6. The lowest BCUT2D eigenvalue weighted by molar-refractivity contribution is 0.505. The molecule has 1 heterocycles. The predicted molar refractivity (Wildman–Crippen MR) is 83.9 cm³/mol. The molecule has 2 aromatic rings. The number of aryl methyl sites for hydroxylation is 4. The van der Waals surface area contributed by atoms with E-state index in [0.29, 0.717) is 6.04 Å². The smallest absolute Gasteiger partial charge is 0.0492 e. The molecule has 1 unspecified atom stereocenters. The molecule has 0 saturated heterocycles. The lowest BCUT2D eigenvalue weighted by Gasteiger charge is -2.19. The highest BCUT2D eigenvalue weighted by atomic mass is 15.2. The molecule has 0 aliphatic rings. The van der Waals surface area contributed by atoms with Gasteiger partial charge in [-0.3, -0.25) is 4.68 Å². The Labute approximate surface area is 122 Å². The third-order valence-corrected chi connectivity index (χ3v) is 3.71. The SMILES string of the molecule is CCNC(CCc1ccnn1C)c1cc(C)cc(C)c1. The molecular weight excluding hydrogens is 246 g/mol. The monoisotopic (exact) mass is 271 g/mol. The van der Waals surface area contributed by atoms with Gasteiger partial charge in [0.2, 0.25) is 0 Å². The third kappa shape index (κ3) is 3.70. The molecular formula is C17H25N3. The Kier molecular flexibility index (Phi) is 4.96. The van der Waals surface area contributed by atoms with Crippen LogP contribution in [0.2, 0.25) is 0 Å². The second kappa shape index (κ2) is 6.71. The van der Waals surface area contributed by atoms with Gasteiger partial charge in [-0.2, -0.15) is 5.10 Å². The van der Waals surface area contributed by atoms with Crippen molar-refractivity contribution < 1.29 is 0 Å². The molecule has 2 rings (SSSR count). The molecule has 108 valence electrons. The highest BCUT2D eigenvalue weighted by Crippen LogP contribution is 2.21. The van der Waals surface area contributed by atoms with Gasteiger partial charge in [-0.25, -0.2) is 0 Å². The van der Waals surface area contributed by atoms with Gasteiger partial charge in [0.15, 0.2) is 0 Å². The zero-order valence-electron chi connectivity index (χ0n) is 13.0. The Balaban J connectivity index is 2.12. The first kappa shape index (κ1) is 14.8. The molecule has 20 heavy (non-hydrogen) atoms. The van der Waals surface area contributed by atoms with Crippen LogP contribution in [-0.2, 0) is 13.5 Å². The van der Waals surface area contributed by atoms with Crippen LogP contribution in [0, 0.1) is 13.8 Å². The minimum Gasteiger partial charge on any atom is -0.310 e. The quantitative estimate of drug-likeness (QED) is 0.873. The van der Waals surface area contributed by atoms with Crippen LogP contribution >= 0.6 is 0 Å².